The Kier molecular flexibility index (Phi) is 6.20. The van der Waals surface area contributed by atoms with Crippen molar-refractivity contribution in [3.05, 3.63) is 71.8 Å². The molecule has 3 amide bonds. The number of nitrogens with zero attached hydrogens (tertiary/aromatic N) is 1. The molecule has 0 aliphatic rings. The molecule has 24 heavy (non-hydrogen) atoms. The van der Waals surface area contributed by atoms with E-state index in [2.05, 4.69) is 0 Å². The Balaban J connectivity index is 2.15. The van der Waals surface area contributed by atoms with Gasteiger partial charge < -0.3 is 10.0 Å². The predicted octanol–water partition coefficient (Wildman–Crippen LogP) is 3.05. The zero-order valence-corrected chi connectivity index (χ0v) is 14.2. The van der Waals surface area contributed by atoms with Crippen molar-refractivity contribution in [2.24, 2.45) is 0 Å². The van der Waals surface area contributed by atoms with Crippen LogP contribution in [0.2, 0.25) is 0 Å². The first kappa shape index (κ1) is 18.3. The summed E-state index contributed by atoms with van der Waals surface area (Å²) < 4.78 is -2.67. The third-order valence-electron chi connectivity index (χ3n) is 3.21. The second-order valence-corrected chi connectivity index (χ2v) is 6.42. The molecule has 0 radical (unpaired) electrons. The highest BCUT2D eigenvalue weighted by molar-refractivity contribution is 6.56. The van der Waals surface area contributed by atoms with Crippen LogP contribution in [0.3, 0.4) is 0 Å². The zero-order chi connectivity index (χ0) is 17.6. The van der Waals surface area contributed by atoms with Crippen molar-refractivity contribution < 1.29 is 14.7 Å². The molecule has 2 aromatic carbocycles. The van der Waals surface area contributed by atoms with Gasteiger partial charge in [-0.25, -0.2) is 4.79 Å². The Morgan fingerprint density at radius 2 is 1.33 bits per heavy atom. The van der Waals surface area contributed by atoms with Crippen molar-refractivity contribution in [3.8, 4) is 0 Å². The molecule has 5 nitrogen and oxygen atoms in total. The molecule has 0 fully saturated rings. The quantitative estimate of drug-likeness (QED) is 0.799. The lowest BCUT2D eigenvalue weighted by atomic mass is 10.2. The number of carbonyl (C=O) groups excluding carboxylic acids is 2. The van der Waals surface area contributed by atoms with Gasteiger partial charge in [0.25, 0.3) is 10.4 Å². The van der Waals surface area contributed by atoms with Gasteiger partial charge in [-0.05, 0) is 11.1 Å². The summed E-state index contributed by atoms with van der Waals surface area (Å²) in [6.45, 7) is 0.551. The molecule has 0 heterocycles. The monoisotopic (exact) mass is 366 g/mol. The van der Waals surface area contributed by atoms with E-state index in [4.69, 9.17) is 23.2 Å². The molecule has 0 spiro atoms. The molecule has 2 aromatic rings. The van der Waals surface area contributed by atoms with Crippen LogP contribution in [0, 0.1) is 0 Å². The van der Waals surface area contributed by atoms with Crippen molar-refractivity contribution >= 4 is 35.1 Å². The van der Waals surface area contributed by atoms with E-state index in [-0.39, 0.29) is 13.1 Å². The first-order valence-corrected chi connectivity index (χ1v) is 7.90. The molecule has 0 aromatic heterocycles. The number of halogens is 2. The highest BCUT2D eigenvalue weighted by Crippen LogP contribution is 2.17. The molecule has 7 heteroatoms. The number of aliphatic hydroxyl groups is 1. The maximum absolute atomic E-state index is 12.4. The van der Waals surface area contributed by atoms with Gasteiger partial charge in [-0.15, -0.1) is 0 Å². The van der Waals surface area contributed by atoms with Crippen molar-refractivity contribution in [1.82, 2.24) is 10.2 Å². The maximum atomic E-state index is 12.4. The van der Waals surface area contributed by atoms with Crippen molar-refractivity contribution in [2.45, 2.75) is 17.6 Å². The molecule has 0 bridgehead atoms. The predicted molar refractivity (Wildman–Crippen MR) is 92.3 cm³/mol. The van der Waals surface area contributed by atoms with E-state index in [0.717, 1.165) is 11.1 Å². The smallest absolute Gasteiger partial charge is 0.324 e. The molecular weight excluding hydrogens is 351 g/mol. The summed E-state index contributed by atoms with van der Waals surface area (Å²) in [6.07, 6.45) is 0. The van der Waals surface area contributed by atoms with E-state index in [1.165, 1.54) is 4.90 Å². The summed E-state index contributed by atoms with van der Waals surface area (Å²) >= 11 is 10.6. The molecule has 0 aliphatic heterocycles. The minimum absolute atomic E-state index is 0.276. The lowest BCUT2D eigenvalue weighted by Gasteiger charge is -2.24. The van der Waals surface area contributed by atoms with E-state index < -0.39 is 16.5 Å². The van der Waals surface area contributed by atoms with E-state index >= 15 is 0 Å². The van der Waals surface area contributed by atoms with Crippen LogP contribution in [0.1, 0.15) is 11.1 Å². The SMILES string of the molecule is O=C(NC(=O)C(O)(Cl)Cl)N(Cc1ccccc1)Cc1ccccc1. The van der Waals surface area contributed by atoms with Crippen molar-refractivity contribution in [2.75, 3.05) is 0 Å². The van der Waals surface area contributed by atoms with Crippen LogP contribution < -0.4 is 5.32 Å². The van der Waals surface area contributed by atoms with Crippen LogP contribution in [-0.2, 0) is 17.9 Å². The van der Waals surface area contributed by atoms with Crippen LogP contribution in [0.25, 0.3) is 0 Å². The minimum atomic E-state index is -2.67. The third-order valence-corrected chi connectivity index (χ3v) is 3.56. The van der Waals surface area contributed by atoms with Crippen LogP contribution in [0.4, 0.5) is 4.79 Å². The number of urea groups is 1. The van der Waals surface area contributed by atoms with Crippen molar-refractivity contribution in [3.63, 3.8) is 0 Å². The molecule has 0 atom stereocenters. The molecule has 0 aliphatic carbocycles. The number of rotatable bonds is 5. The number of amides is 3. The van der Waals surface area contributed by atoms with Gasteiger partial charge in [0.05, 0.1) is 0 Å². The summed E-state index contributed by atoms with van der Waals surface area (Å²) in [7, 11) is 0. The molecule has 2 rings (SSSR count). The maximum Gasteiger partial charge on any atom is 0.324 e. The van der Waals surface area contributed by atoms with Gasteiger partial charge in [0, 0.05) is 13.1 Å². The number of hydrogen-bond donors (Lipinski definition) is 2. The number of alkyl halides is 2. The Bertz CT molecular complexity index is 646. The van der Waals surface area contributed by atoms with Gasteiger partial charge >= 0.3 is 6.03 Å². The van der Waals surface area contributed by atoms with E-state index in [1.807, 2.05) is 66.0 Å². The van der Waals surface area contributed by atoms with E-state index in [0.29, 0.717) is 0 Å². The second-order valence-electron chi connectivity index (χ2n) is 5.13. The van der Waals surface area contributed by atoms with Crippen molar-refractivity contribution in [1.29, 1.82) is 0 Å². The average Bonchev–Trinajstić information content (AvgIpc) is 2.55. The van der Waals surface area contributed by atoms with Gasteiger partial charge in [-0.1, -0.05) is 83.9 Å². The highest BCUT2D eigenvalue weighted by Gasteiger charge is 2.33. The lowest BCUT2D eigenvalue weighted by molar-refractivity contribution is -0.126. The number of imide groups is 1. The Morgan fingerprint density at radius 3 is 1.71 bits per heavy atom. The van der Waals surface area contributed by atoms with E-state index in [9.17, 15) is 14.7 Å². The highest BCUT2D eigenvalue weighted by atomic mass is 35.5. The second kappa shape index (κ2) is 8.15. The summed E-state index contributed by atoms with van der Waals surface area (Å²) in [6, 6.07) is 17.9. The largest absolute Gasteiger partial charge is 0.355 e. The van der Waals surface area contributed by atoms with Crippen LogP contribution in [-0.4, -0.2) is 26.5 Å². The Labute approximate surface area is 149 Å². The summed E-state index contributed by atoms with van der Waals surface area (Å²) in [5.41, 5.74) is 1.78. The minimum Gasteiger partial charge on any atom is -0.355 e. The fourth-order valence-electron chi connectivity index (χ4n) is 2.06. The molecule has 0 unspecified atom stereocenters. The number of benzene rings is 2. The van der Waals surface area contributed by atoms with Crippen LogP contribution >= 0.6 is 23.2 Å². The van der Waals surface area contributed by atoms with Gasteiger partial charge in [-0.2, -0.15) is 0 Å². The van der Waals surface area contributed by atoms with Gasteiger partial charge in [0.15, 0.2) is 0 Å². The molecule has 0 saturated heterocycles. The van der Waals surface area contributed by atoms with E-state index in [1.54, 1.807) is 0 Å². The lowest BCUT2D eigenvalue weighted by Crippen LogP contribution is -2.47. The van der Waals surface area contributed by atoms with Gasteiger partial charge in [0.2, 0.25) is 0 Å². The average molecular weight is 367 g/mol. The first-order valence-electron chi connectivity index (χ1n) is 7.14. The molecule has 0 saturated carbocycles. The Morgan fingerprint density at radius 1 is 0.917 bits per heavy atom. The molecular formula is C17H16Cl2N2O3. The van der Waals surface area contributed by atoms with Crippen LogP contribution in [0.5, 0.6) is 0 Å². The fraction of sp³-hybridized carbons (Fsp3) is 0.176. The number of hydrogen-bond acceptors (Lipinski definition) is 3. The first-order chi connectivity index (χ1) is 11.4. The Hall–Kier alpha value is -2.08. The summed E-state index contributed by atoms with van der Waals surface area (Å²) in [5, 5.41) is 11.2. The normalized spacial score (nSPS) is 11.0. The van der Waals surface area contributed by atoms with Crippen LogP contribution in [0.15, 0.2) is 60.7 Å². The summed E-state index contributed by atoms with van der Waals surface area (Å²) in [5.74, 6) is -1.19. The molecule has 126 valence electrons. The topological polar surface area (TPSA) is 69.6 Å². The third kappa shape index (κ3) is 5.53. The van der Waals surface area contributed by atoms with Gasteiger partial charge in [0.1, 0.15) is 0 Å². The number of carbonyl (C=O) groups is 2. The standard InChI is InChI=1S/C17H16Cl2N2O3/c18-17(19,24)15(22)20-16(23)21(11-13-7-3-1-4-8-13)12-14-9-5-2-6-10-14/h1-10,24H,11-12H2,(H,20,22,23). The van der Waals surface area contributed by atoms with Gasteiger partial charge in [-0.3, -0.25) is 10.1 Å². The molecule has 2 N–H and O–H groups in total. The zero-order valence-electron chi connectivity index (χ0n) is 12.7. The number of nitrogens with one attached hydrogen (secondary N) is 1. The fourth-order valence-corrected chi connectivity index (χ4v) is 2.15. The summed E-state index contributed by atoms with van der Waals surface area (Å²) in [4.78, 5) is 25.4.